The van der Waals surface area contributed by atoms with Gasteiger partial charge in [-0.05, 0) is 48.3 Å². The van der Waals surface area contributed by atoms with E-state index < -0.39 is 12.1 Å². The van der Waals surface area contributed by atoms with Crippen LogP contribution in [0.15, 0.2) is 16.6 Å². The maximum atomic E-state index is 12.2. The average molecular weight is 388 g/mol. The fraction of sp³-hybridized carbons (Fsp3) is 0.500. The second-order valence-electron chi connectivity index (χ2n) is 4.76. The predicted molar refractivity (Wildman–Crippen MR) is 90.0 cm³/mol. The number of ether oxygens (including phenoxy) is 3. The van der Waals surface area contributed by atoms with Crippen LogP contribution in [0.2, 0.25) is 0 Å². The Morgan fingerprint density at radius 3 is 2.57 bits per heavy atom. The van der Waals surface area contributed by atoms with Gasteiger partial charge in [0.25, 0.3) is 5.91 Å². The molecular weight excluding hydrogens is 366 g/mol. The molecule has 0 unspecified atom stereocenters. The molecular formula is C16H22BrNO5. The monoisotopic (exact) mass is 387 g/mol. The van der Waals surface area contributed by atoms with Crippen molar-refractivity contribution in [3.8, 4) is 11.5 Å². The number of hydrogen-bond acceptors (Lipinski definition) is 5. The normalized spacial score (nSPS) is 11.5. The number of esters is 1. The van der Waals surface area contributed by atoms with Gasteiger partial charge in [-0.25, -0.2) is 4.79 Å². The summed E-state index contributed by atoms with van der Waals surface area (Å²) in [6, 6.07) is 3.10. The zero-order valence-corrected chi connectivity index (χ0v) is 15.4. The first kappa shape index (κ1) is 19.3. The third-order valence-corrected chi connectivity index (χ3v) is 3.54. The number of benzene rings is 1. The molecule has 0 spiro atoms. The number of methoxy groups -OCH3 is 1. The number of hydrogen-bond donors (Lipinski definition) is 1. The highest BCUT2D eigenvalue weighted by Crippen LogP contribution is 2.36. The van der Waals surface area contributed by atoms with Crippen LogP contribution in [0.3, 0.4) is 0 Å². The molecule has 0 aromatic heterocycles. The first-order valence-electron chi connectivity index (χ1n) is 7.43. The summed E-state index contributed by atoms with van der Waals surface area (Å²) in [5.41, 5.74) is 0.274. The van der Waals surface area contributed by atoms with Gasteiger partial charge in [-0.2, -0.15) is 0 Å². The van der Waals surface area contributed by atoms with Gasteiger partial charge in [-0.15, -0.1) is 0 Å². The molecule has 0 fully saturated rings. The Labute approximate surface area is 144 Å². The highest BCUT2D eigenvalue weighted by Gasteiger charge is 2.21. The first-order valence-corrected chi connectivity index (χ1v) is 8.22. The molecule has 0 aliphatic heterocycles. The molecule has 6 nitrogen and oxygen atoms in total. The van der Waals surface area contributed by atoms with Crippen molar-refractivity contribution in [1.82, 2.24) is 5.32 Å². The fourth-order valence-corrected chi connectivity index (χ4v) is 2.42. The molecule has 128 valence electrons. The quantitative estimate of drug-likeness (QED) is 0.694. The lowest BCUT2D eigenvalue weighted by Gasteiger charge is -2.15. The van der Waals surface area contributed by atoms with Crippen LogP contribution < -0.4 is 14.8 Å². The van der Waals surface area contributed by atoms with E-state index in [0.29, 0.717) is 29.1 Å². The minimum atomic E-state index is -0.870. The van der Waals surface area contributed by atoms with E-state index >= 15 is 0 Å². The van der Waals surface area contributed by atoms with Crippen molar-refractivity contribution in [3.63, 3.8) is 0 Å². The van der Waals surface area contributed by atoms with Crippen LogP contribution in [-0.2, 0) is 9.53 Å². The number of carbonyl (C=O) groups is 2. The van der Waals surface area contributed by atoms with E-state index in [1.165, 1.54) is 20.1 Å². The minimum absolute atomic E-state index is 0.274. The smallest absolute Gasteiger partial charge is 0.339 e. The second kappa shape index (κ2) is 9.39. The third kappa shape index (κ3) is 5.42. The number of halogens is 1. The molecule has 1 N–H and O–H groups in total. The van der Waals surface area contributed by atoms with Crippen LogP contribution in [0, 0.1) is 0 Å². The predicted octanol–water partition coefficient (Wildman–Crippen LogP) is 2.93. The largest absolute Gasteiger partial charge is 0.492 e. The molecule has 1 amide bonds. The summed E-state index contributed by atoms with van der Waals surface area (Å²) in [7, 11) is 1.51. The van der Waals surface area contributed by atoms with Crippen molar-refractivity contribution in [3.05, 3.63) is 22.2 Å². The molecule has 1 rings (SSSR count). The van der Waals surface area contributed by atoms with Gasteiger partial charge in [0.15, 0.2) is 17.6 Å². The Morgan fingerprint density at radius 2 is 2.00 bits per heavy atom. The maximum absolute atomic E-state index is 12.2. The summed E-state index contributed by atoms with van der Waals surface area (Å²) in [5, 5.41) is 2.68. The summed E-state index contributed by atoms with van der Waals surface area (Å²) >= 11 is 3.33. The van der Waals surface area contributed by atoms with Crippen molar-refractivity contribution in [1.29, 1.82) is 0 Å². The Morgan fingerprint density at radius 1 is 1.30 bits per heavy atom. The van der Waals surface area contributed by atoms with E-state index in [4.69, 9.17) is 14.2 Å². The molecule has 0 saturated carbocycles. The van der Waals surface area contributed by atoms with E-state index in [1.807, 2.05) is 13.8 Å². The lowest BCUT2D eigenvalue weighted by atomic mass is 10.2. The Hall–Kier alpha value is -1.76. The van der Waals surface area contributed by atoms with Gasteiger partial charge in [0, 0.05) is 6.54 Å². The Balaban J connectivity index is 2.89. The van der Waals surface area contributed by atoms with E-state index in [-0.39, 0.29) is 11.5 Å². The van der Waals surface area contributed by atoms with Crippen LogP contribution in [-0.4, -0.2) is 38.2 Å². The number of amides is 1. The molecule has 0 bridgehead atoms. The van der Waals surface area contributed by atoms with Crippen LogP contribution >= 0.6 is 15.9 Å². The van der Waals surface area contributed by atoms with Gasteiger partial charge >= 0.3 is 5.97 Å². The van der Waals surface area contributed by atoms with Gasteiger partial charge in [-0.1, -0.05) is 6.92 Å². The second-order valence-corrected chi connectivity index (χ2v) is 5.62. The van der Waals surface area contributed by atoms with E-state index in [1.54, 1.807) is 6.07 Å². The van der Waals surface area contributed by atoms with E-state index in [0.717, 1.165) is 6.42 Å². The van der Waals surface area contributed by atoms with Crippen molar-refractivity contribution in [2.45, 2.75) is 33.3 Å². The van der Waals surface area contributed by atoms with Crippen molar-refractivity contribution < 1.29 is 23.8 Å². The molecule has 23 heavy (non-hydrogen) atoms. The number of nitrogens with one attached hydrogen (secondary N) is 1. The minimum Gasteiger partial charge on any atom is -0.492 e. The van der Waals surface area contributed by atoms with Gasteiger partial charge in [-0.3, -0.25) is 4.79 Å². The van der Waals surface area contributed by atoms with Crippen LogP contribution in [0.25, 0.3) is 0 Å². The highest BCUT2D eigenvalue weighted by atomic mass is 79.9. The molecule has 0 saturated heterocycles. The van der Waals surface area contributed by atoms with Gasteiger partial charge in [0.1, 0.15) is 0 Å². The number of carbonyl (C=O) groups excluding carboxylic acids is 2. The molecule has 0 aliphatic rings. The van der Waals surface area contributed by atoms with Crippen molar-refractivity contribution in [2.24, 2.45) is 0 Å². The topological polar surface area (TPSA) is 73.9 Å². The fourth-order valence-electron chi connectivity index (χ4n) is 1.82. The standard InChI is InChI=1S/C16H22BrNO5/c1-5-7-18-15(19)10(3)23-16(20)11-8-12(17)14(21-4)13(9-11)22-6-2/h8-10H,5-7H2,1-4H3,(H,18,19)/t10-/m1/s1. The summed E-state index contributed by atoms with van der Waals surface area (Å²) in [4.78, 5) is 24.0. The molecule has 1 atom stereocenters. The SMILES string of the molecule is CCCNC(=O)[C@@H](C)OC(=O)c1cc(Br)c(OC)c(OCC)c1. The van der Waals surface area contributed by atoms with E-state index in [2.05, 4.69) is 21.2 Å². The summed E-state index contributed by atoms with van der Waals surface area (Å²) in [5.74, 6) is 0.00261. The maximum Gasteiger partial charge on any atom is 0.339 e. The molecule has 0 aliphatic carbocycles. The van der Waals surface area contributed by atoms with E-state index in [9.17, 15) is 9.59 Å². The molecule has 0 radical (unpaired) electrons. The average Bonchev–Trinajstić information content (AvgIpc) is 2.52. The van der Waals surface area contributed by atoms with Crippen molar-refractivity contribution in [2.75, 3.05) is 20.3 Å². The first-order chi connectivity index (χ1) is 10.9. The third-order valence-electron chi connectivity index (χ3n) is 2.95. The van der Waals surface area contributed by atoms with Crippen LogP contribution in [0.1, 0.15) is 37.6 Å². The molecule has 7 heteroatoms. The Bertz CT molecular complexity index is 562. The highest BCUT2D eigenvalue weighted by molar-refractivity contribution is 9.10. The van der Waals surface area contributed by atoms with Crippen molar-refractivity contribution >= 4 is 27.8 Å². The lowest BCUT2D eigenvalue weighted by molar-refractivity contribution is -0.129. The lowest BCUT2D eigenvalue weighted by Crippen LogP contribution is -2.36. The zero-order chi connectivity index (χ0) is 17.4. The van der Waals surface area contributed by atoms with Gasteiger partial charge < -0.3 is 19.5 Å². The summed E-state index contributed by atoms with van der Waals surface area (Å²) < 4.78 is 16.5. The van der Waals surface area contributed by atoms with Crippen LogP contribution in [0.5, 0.6) is 11.5 Å². The van der Waals surface area contributed by atoms with Gasteiger partial charge in [0.05, 0.1) is 23.8 Å². The summed E-state index contributed by atoms with van der Waals surface area (Å²) in [6.45, 7) is 6.28. The summed E-state index contributed by atoms with van der Waals surface area (Å²) in [6.07, 6.45) is -0.0549. The Kier molecular flexibility index (Phi) is 7.88. The number of rotatable bonds is 8. The molecule has 1 aromatic carbocycles. The molecule has 0 heterocycles. The van der Waals surface area contributed by atoms with Crippen LogP contribution in [0.4, 0.5) is 0 Å². The van der Waals surface area contributed by atoms with Gasteiger partial charge in [0.2, 0.25) is 0 Å². The zero-order valence-electron chi connectivity index (χ0n) is 13.8. The molecule has 1 aromatic rings.